The molecule has 8 heteroatoms. The molecule has 146 valence electrons. The average Bonchev–Trinajstić information content (AvgIpc) is 3.47. The minimum absolute atomic E-state index is 0.0458. The Balaban J connectivity index is 1.25. The van der Waals surface area contributed by atoms with Crippen molar-refractivity contribution in [1.82, 2.24) is 25.0 Å². The molecule has 2 saturated heterocycles. The van der Waals surface area contributed by atoms with Gasteiger partial charge in [0.15, 0.2) is 0 Å². The van der Waals surface area contributed by atoms with Gasteiger partial charge in [0.2, 0.25) is 16.2 Å². The molecule has 2 aliphatic rings. The van der Waals surface area contributed by atoms with Crippen molar-refractivity contribution in [3.05, 3.63) is 24.5 Å². The lowest BCUT2D eigenvalue weighted by molar-refractivity contribution is -0.125. The maximum Gasteiger partial charge on any atom is 0.224 e. The standard InChI is InChI=1S/C19H28N6OS/c26-17(20-8-6-11-23-9-1-2-10-23)16-7-5-14-25(15-16)19-22-21-18(27-19)24-12-3-4-13-24/h3-4,12-13,16H,1-2,5-11,14-15H2,(H,20,26)/t16-/m0/s1. The molecule has 0 saturated carbocycles. The lowest BCUT2D eigenvalue weighted by Gasteiger charge is -2.31. The summed E-state index contributed by atoms with van der Waals surface area (Å²) in [7, 11) is 0. The molecule has 0 aliphatic carbocycles. The maximum absolute atomic E-state index is 12.6. The first-order valence-corrected chi connectivity index (χ1v) is 10.8. The van der Waals surface area contributed by atoms with Gasteiger partial charge in [-0.3, -0.25) is 9.36 Å². The van der Waals surface area contributed by atoms with Crippen LogP contribution in [0.3, 0.4) is 0 Å². The van der Waals surface area contributed by atoms with Crippen molar-refractivity contribution >= 4 is 22.4 Å². The minimum Gasteiger partial charge on any atom is -0.356 e. The van der Waals surface area contributed by atoms with Crippen LogP contribution in [0.4, 0.5) is 5.13 Å². The Morgan fingerprint density at radius 2 is 1.89 bits per heavy atom. The molecule has 4 heterocycles. The number of hydrogen-bond donors (Lipinski definition) is 1. The van der Waals surface area contributed by atoms with Gasteiger partial charge in [-0.25, -0.2) is 0 Å². The Labute approximate surface area is 164 Å². The van der Waals surface area contributed by atoms with Gasteiger partial charge in [-0.05, 0) is 63.9 Å². The predicted molar refractivity (Wildman–Crippen MR) is 107 cm³/mol. The molecule has 27 heavy (non-hydrogen) atoms. The highest BCUT2D eigenvalue weighted by atomic mass is 32.1. The molecule has 0 spiro atoms. The molecule has 1 N–H and O–H groups in total. The first-order valence-electron chi connectivity index (χ1n) is 10.0. The summed E-state index contributed by atoms with van der Waals surface area (Å²) in [5.74, 6) is 0.237. The molecule has 1 atom stereocenters. The second-order valence-electron chi connectivity index (χ2n) is 7.44. The van der Waals surface area contributed by atoms with Crippen molar-refractivity contribution in [1.29, 1.82) is 0 Å². The van der Waals surface area contributed by atoms with Crippen LogP contribution in [-0.4, -0.2) is 64.8 Å². The van der Waals surface area contributed by atoms with Crippen LogP contribution in [0.25, 0.3) is 5.13 Å². The number of piperidine rings is 1. The molecule has 2 aliphatic heterocycles. The van der Waals surface area contributed by atoms with E-state index in [9.17, 15) is 4.79 Å². The number of hydrogen-bond acceptors (Lipinski definition) is 6. The number of carbonyl (C=O) groups excluding carboxylic acids is 1. The molecule has 2 fully saturated rings. The smallest absolute Gasteiger partial charge is 0.224 e. The van der Waals surface area contributed by atoms with E-state index in [0.29, 0.717) is 0 Å². The Kier molecular flexibility index (Phi) is 6.03. The molecule has 7 nitrogen and oxygen atoms in total. The number of anilines is 1. The Hall–Kier alpha value is -1.93. The number of rotatable bonds is 7. The third-order valence-corrected chi connectivity index (χ3v) is 6.44. The summed E-state index contributed by atoms with van der Waals surface area (Å²) in [5.41, 5.74) is 0. The molecular formula is C19H28N6OS. The molecule has 4 rings (SSSR count). The van der Waals surface area contributed by atoms with Gasteiger partial charge in [0.05, 0.1) is 5.92 Å². The Bertz CT molecular complexity index is 724. The lowest BCUT2D eigenvalue weighted by Crippen LogP contribution is -2.43. The Morgan fingerprint density at radius 3 is 2.70 bits per heavy atom. The molecular weight excluding hydrogens is 360 g/mol. The van der Waals surface area contributed by atoms with Crippen LogP contribution in [0.5, 0.6) is 0 Å². The maximum atomic E-state index is 12.6. The van der Waals surface area contributed by atoms with Crippen molar-refractivity contribution in [3.63, 3.8) is 0 Å². The zero-order valence-corrected chi connectivity index (χ0v) is 16.5. The van der Waals surface area contributed by atoms with Gasteiger partial charge in [0.25, 0.3) is 0 Å². The highest BCUT2D eigenvalue weighted by molar-refractivity contribution is 7.17. The zero-order chi connectivity index (χ0) is 18.5. The number of nitrogens with one attached hydrogen (secondary N) is 1. The normalized spacial score (nSPS) is 20.9. The monoisotopic (exact) mass is 388 g/mol. The summed E-state index contributed by atoms with van der Waals surface area (Å²) in [4.78, 5) is 17.3. The molecule has 1 amide bonds. The molecule has 2 aromatic heterocycles. The van der Waals surface area contributed by atoms with Crippen molar-refractivity contribution in [2.45, 2.75) is 32.1 Å². The second-order valence-corrected chi connectivity index (χ2v) is 8.37. The Morgan fingerprint density at radius 1 is 1.11 bits per heavy atom. The SMILES string of the molecule is O=C(NCCCN1CCCC1)[C@H]1CCCN(c2nnc(-n3cccc3)s2)C1. The van der Waals surface area contributed by atoms with Crippen LogP contribution in [0.15, 0.2) is 24.5 Å². The van der Waals surface area contributed by atoms with Crippen LogP contribution in [0, 0.1) is 5.92 Å². The van der Waals surface area contributed by atoms with Crippen LogP contribution >= 0.6 is 11.3 Å². The van der Waals surface area contributed by atoms with Crippen molar-refractivity contribution < 1.29 is 4.79 Å². The number of aromatic nitrogens is 3. The lowest BCUT2D eigenvalue weighted by atomic mass is 9.97. The summed E-state index contributed by atoms with van der Waals surface area (Å²) in [6.07, 6.45) is 9.60. The summed E-state index contributed by atoms with van der Waals surface area (Å²) >= 11 is 1.58. The van der Waals surface area contributed by atoms with E-state index in [1.54, 1.807) is 11.3 Å². The van der Waals surface area contributed by atoms with Crippen LogP contribution < -0.4 is 10.2 Å². The largest absolute Gasteiger partial charge is 0.356 e. The highest BCUT2D eigenvalue weighted by Crippen LogP contribution is 2.27. The third-order valence-electron chi connectivity index (χ3n) is 5.44. The first kappa shape index (κ1) is 18.4. The number of amides is 1. The van der Waals surface area contributed by atoms with Crippen LogP contribution in [-0.2, 0) is 4.79 Å². The summed E-state index contributed by atoms with van der Waals surface area (Å²) in [5, 5.41) is 13.6. The van der Waals surface area contributed by atoms with Gasteiger partial charge in [-0.15, -0.1) is 10.2 Å². The number of nitrogens with zero attached hydrogens (tertiary/aromatic N) is 5. The number of likely N-dealkylation sites (tertiary alicyclic amines) is 1. The third kappa shape index (κ3) is 4.68. The fraction of sp³-hybridized carbons (Fsp3) is 0.632. The van der Waals surface area contributed by atoms with Crippen molar-refractivity contribution in [2.75, 3.05) is 44.2 Å². The molecule has 0 aromatic carbocycles. The average molecular weight is 389 g/mol. The summed E-state index contributed by atoms with van der Waals surface area (Å²) < 4.78 is 1.97. The topological polar surface area (TPSA) is 66.3 Å². The zero-order valence-electron chi connectivity index (χ0n) is 15.7. The predicted octanol–water partition coefficient (Wildman–Crippen LogP) is 2.15. The van der Waals surface area contributed by atoms with Gasteiger partial charge in [-0.1, -0.05) is 11.3 Å². The van der Waals surface area contributed by atoms with Gasteiger partial charge in [0.1, 0.15) is 0 Å². The molecule has 0 unspecified atom stereocenters. The second kappa shape index (κ2) is 8.84. The van der Waals surface area contributed by atoms with E-state index in [1.807, 2.05) is 29.1 Å². The molecule has 0 radical (unpaired) electrons. The summed E-state index contributed by atoms with van der Waals surface area (Å²) in [6.45, 7) is 6.00. The molecule has 0 bridgehead atoms. The van der Waals surface area contributed by atoms with E-state index < -0.39 is 0 Å². The van der Waals surface area contributed by atoms with Crippen LogP contribution in [0.1, 0.15) is 32.1 Å². The van der Waals surface area contributed by atoms with Crippen molar-refractivity contribution in [2.24, 2.45) is 5.92 Å². The van der Waals surface area contributed by atoms with Gasteiger partial charge >= 0.3 is 0 Å². The van der Waals surface area contributed by atoms with E-state index in [0.717, 1.165) is 55.7 Å². The summed E-state index contributed by atoms with van der Waals surface area (Å²) in [6, 6.07) is 3.96. The van der Waals surface area contributed by atoms with Crippen molar-refractivity contribution in [3.8, 4) is 5.13 Å². The van der Waals surface area contributed by atoms with E-state index in [4.69, 9.17) is 0 Å². The molecule has 2 aromatic rings. The van der Waals surface area contributed by atoms with Gasteiger partial charge in [0, 0.05) is 32.0 Å². The van der Waals surface area contributed by atoms with E-state index in [-0.39, 0.29) is 11.8 Å². The van der Waals surface area contributed by atoms with E-state index >= 15 is 0 Å². The first-order chi connectivity index (χ1) is 13.3. The number of carbonyl (C=O) groups is 1. The fourth-order valence-corrected chi connectivity index (χ4v) is 4.78. The quantitative estimate of drug-likeness (QED) is 0.736. The fourth-order valence-electron chi connectivity index (χ4n) is 3.93. The minimum atomic E-state index is 0.0458. The van der Waals surface area contributed by atoms with E-state index in [2.05, 4.69) is 25.3 Å². The highest BCUT2D eigenvalue weighted by Gasteiger charge is 2.27. The van der Waals surface area contributed by atoms with E-state index in [1.165, 1.54) is 25.9 Å². The van der Waals surface area contributed by atoms with Gasteiger partial charge < -0.3 is 15.1 Å². The van der Waals surface area contributed by atoms with Crippen LogP contribution in [0.2, 0.25) is 0 Å². The van der Waals surface area contributed by atoms with Gasteiger partial charge in [-0.2, -0.15) is 0 Å².